The van der Waals surface area contributed by atoms with Crippen LogP contribution in [0.25, 0.3) is 0 Å². The zero-order valence-electron chi connectivity index (χ0n) is 10.8. The molecule has 0 nitrogen and oxygen atoms in total. The second-order valence-corrected chi connectivity index (χ2v) is 3.79. The van der Waals surface area contributed by atoms with Crippen LogP contribution in [0.15, 0.2) is 34.4 Å². The van der Waals surface area contributed by atoms with E-state index in [0.29, 0.717) is 0 Å². The van der Waals surface area contributed by atoms with Gasteiger partial charge in [0.25, 0.3) is 0 Å². The first-order valence-electron chi connectivity index (χ1n) is 5.10. The van der Waals surface area contributed by atoms with Gasteiger partial charge in [-0.2, -0.15) is 12.2 Å². The van der Waals surface area contributed by atoms with Crippen molar-refractivity contribution in [1.82, 2.24) is 0 Å². The van der Waals surface area contributed by atoms with Crippen molar-refractivity contribution in [3.05, 3.63) is 46.6 Å². The fraction of sp³-hybridized carbons (Fsp3) is 0.429. The largest absolute Gasteiger partial charge is 4.00 e. The van der Waals surface area contributed by atoms with E-state index in [-0.39, 0.29) is 46.5 Å². The summed E-state index contributed by atoms with van der Waals surface area (Å²) in [5.41, 5.74) is 5.42. The summed E-state index contributed by atoms with van der Waals surface area (Å²) in [5.74, 6) is 0. The van der Waals surface area contributed by atoms with Gasteiger partial charge >= 0.3 is 21.7 Å². The summed E-state index contributed by atoms with van der Waals surface area (Å²) in [6.45, 7) is 8.43. The minimum absolute atomic E-state index is 0. The molecule has 0 spiro atoms. The first-order valence-corrected chi connectivity index (χ1v) is 5.10. The summed E-state index contributed by atoms with van der Waals surface area (Å²) >= 11 is 0. The van der Waals surface area contributed by atoms with Gasteiger partial charge in [-0.1, -0.05) is 13.8 Å². The Hall–Kier alpha value is 0.254. The Balaban J connectivity index is -0.000000196. The second kappa shape index (κ2) is 11.4. The molecule has 0 amide bonds. The van der Waals surface area contributed by atoms with Gasteiger partial charge in [-0.3, -0.25) is 12.2 Å². The van der Waals surface area contributed by atoms with Crippen LogP contribution in [0.5, 0.6) is 0 Å². The Bertz CT molecular complexity index is 270. The van der Waals surface area contributed by atoms with Crippen molar-refractivity contribution < 1.29 is 46.5 Å². The Morgan fingerprint density at radius 1 is 0.765 bits per heavy atom. The summed E-state index contributed by atoms with van der Waals surface area (Å²) in [4.78, 5) is 0. The molecule has 2 aliphatic carbocycles. The first-order chi connectivity index (χ1) is 6.61. The van der Waals surface area contributed by atoms with E-state index in [1.807, 2.05) is 0 Å². The van der Waals surface area contributed by atoms with Crippen molar-refractivity contribution in [2.24, 2.45) is 0 Å². The van der Waals surface area contributed by atoms with Crippen molar-refractivity contribution in [2.75, 3.05) is 0 Å². The summed E-state index contributed by atoms with van der Waals surface area (Å²) < 4.78 is 0. The van der Waals surface area contributed by atoms with Crippen LogP contribution in [-0.4, -0.2) is 0 Å². The zero-order chi connectivity index (χ0) is 10.6. The Morgan fingerprint density at radius 3 is 1.12 bits per heavy atom. The van der Waals surface area contributed by atoms with Crippen LogP contribution in [0.2, 0.25) is 0 Å². The quantitative estimate of drug-likeness (QED) is 0.365. The molecule has 0 radical (unpaired) electrons. The molecule has 0 saturated carbocycles. The number of hydrogen-bond donors (Lipinski definition) is 0. The first kappa shape index (κ1) is 22.4. The predicted octanol–water partition coefficient (Wildman–Crippen LogP) is -1.82. The van der Waals surface area contributed by atoms with Crippen molar-refractivity contribution in [2.45, 2.75) is 40.5 Å². The summed E-state index contributed by atoms with van der Waals surface area (Å²) in [6, 6.07) is 0. The van der Waals surface area contributed by atoms with E-state index >= 15 is 0 Å². The Labute approximate surface area is 133 Å². The summed E-state index contributed by atoms with van der Waals surface area (Å²) in [7, 11) is 0. The number of halogens is 2. The van der Waals surface area contributed by atoms with Gasteiger partial charge in [-0.25, -0.2) is 22.3 Å². The van der Waals surface area contributed by atoms with Gasteiger partial charge in [0, 0.05) is 0 Å². The zero-order valence-corrected chi connectivity index (χ0v) is 13.9. The number of rotatable bonds is 0. The van der Waals surface area contributed by atoms with Crippen LogP contribution in [0.1, 0.15) is 40.5 Å². The van der Waals surface area contributed by atoms with Crippen LogP contribution in [-0.2, 0) is 21.7 Å². The van der Waals surface area contributed by atoms with Crippen molar-refractivity contribution >= 4 is 0 Å². The SMILES string of the molecule is CC1=[C-]CC=C1C.CC1=[C-]CC=C1C.[Cl-].[Cl-].[Ti+4]. The normalized spacial score (nSPS) is 15.8. The summed E-state index contributed by atoms with van der Waals surface area (Å²) in [6.07, 6.45) is 12.8. The molecule has 0 aliphatic heterocycles. The molecule has 0 atom stereocenters. The van der Waals surface area contributed by atoms with Crippen molar-refractivity contribution in [3.63, 3.8) is 0 Å². The van der Waals surface area contributed by atoms with Gasteiger partial charge < -0.3 is 24.8 Å². The van der Waals surface area contributed by atoms with E-state index in [2.05, 4.69) is 52.0 Å². The maximum absolute atomic E-state index is 3.19. The monoisotopic (exact) mass is 304 g/mol. The van der Waals surface area contributed by atoms with Crippen LogP contribution in [0.4, 0.5) is 0 Å². The minimum atomic E-state index is 0. The van der Waals surface area contributed by atoms with Gasteiger partial charge in [0.15, 0.2) is 0 Å². The third kappa shape index (κ3) is 8.05. The Kier molecular flexibility index (Phi) is 15.0. The van der Waals surface area contributed by atoms with Gasteiger partial charge in [0.1, 0.15) is 0 Å². The average Bonchev–Trinajstić information content (AvgIpc) is 2.67. The van der Waals surface area contributed by atoms with E-state index in [0.717, 1.165) is 12.8 Å². The molecule has 0 bridgehead atoms. The van der Waals surface area contributed by atoms with E-state index < -0.39 is 0 Å². The molecule has 92 valence electrons. The van der Waals surface area contributed by atoms with E-state index in [9.17, 15) is 0 Å². The molecular weight excluding hydrogens is 287 g/mol. The number of allylic oxidation sites excluding steroid dienone is 8. The third-order valence-electron chi connectivity index (χ3n) is 2.73. The van der Waals surface area contributed by atoms with E-state index in [4.69, 9.17) is 0 Å². The van der Waals surface area contributed by atoms with Crippen LogP contribution in [0, 0.1) is 12.2 Å². The maximum Gasteiger partial charge on any atom is 4.00 e. The molecule has 0 aromatic heterocycles. The van der Waals surface area contributed by atoms with Gasteiger partial charge in [-0.05, 0) is 0 Å². The Morgan fingerprint density at radius 2 is 1.06 bits per heavy atom. The predicted molar refractivity (Wildman–Crippen MR) is 61.6 cm³/mol. The molecule has 17 heavy (non-hydrogen) atoms. The topological polar surface area (TPSA) is 0 Å². The molecular formula is C14H18Cl2Ti. The van der Waals surface area contributed by atoms with Gasteiger partial charge in [-0.15, -0.1) is 26.7 Å². The molecule has 0 heterocycles. The molecule has 2 aliphatic rings. The minimum Gasteiger partial charge on any atom is -1.00 e. The molecule has 0 N–H and O–H groups in total. The molecule has 0 aromatic rings. The fourth-order valence-electron chi connectivity index (χ4n) is 1.30. The third-order valence-corrected chi connectivity index (χ3v) is 2.73. The average molecular weight is 305 g/mol. The standard InChI is InChI=1S/2C7H9.2ClH.Ti/c2*1-6-4-3-5-7(6)2;;;/h2*4H,3H2,1-2H3;2*1H;/q2*-1;;;+4/p-2. The molecule has 0 saturated heterocycles. The second-order valence-electron chi connectivity index (χ2n) is 3.79. The van der Waals surface area contributed by atoms with Crippen LogP contribution < -0.4 is 24.8 Å². The molecule has 0 aromatic carbocycles. The number of hydrogen-bond acceptors (Lipinski definition) is 0. The fourth-order valence-corrected chi connectivity index (χ4v) is 1.30. The molecule has 3 heteroatoms. The summed E-state index contributed by atoms with van der Waals surface area (Å²) in [5, 5.41) is 0. The van der Waals surface area contributed by atoms with E-state index in [1.165, 1.54) is 22.3 Å². The van der Waals surface area contributed by atoms with Crippen LogP contribution >= 0.6 is 0 Å². The molecule has 0 unspecified atom stereocenters. The molecule has 2 rings (SSSR count). The van der Waals surface area contributed by atoms with E-state index in [1.54, 1.807) is 0 Å². The smallest absolute Gasteiger partial charge is 1.00 e. The van der Waals surface area contributed by atoms with Crippen molar-refractivity contribution in [3.8, 4) is 0 Å². The van der Waals surface area contributed by atoms with Gasteiger partial charge in [0.2, 0.25) is 0 Å². The maximum atomic E-state index is 3.19. The van der Waals surface area contributed by atoms with Crippen LogP contribution in [0.3, 0.4) is 0 Å². The van der Waals surface area contributed by atoms with Crippen molar-refractivity contribution in [1.29, 1.82) is 0 Å². The molecule has 0 fully saturated rings. The van der Waals surface area contributed by atoms with Gasteiger partial charge in [0.05, 0.1) is 0 Å².